The number of amides is 1. The summed E-state index contributed by atoms with van der Waals surface area (Å²) in [4.78, 5) is 12.9. The summed E-state index contributed by atoms with van der Waals surface area (Å²) in [5.74, 6) is 0.0519. The normalized spacial score (nSPS) is 11.5. The van der Waals surface area contributed by atoms with Gasteiger partial charge in [-0.15, -0.1) is 0 Å². The van der Waals surface area contributed by atoms with Crippen LogP contribution < -0.4 is 10.2 Å². The highest BCUT2D eigenvalue weighted by Gasteiger charge is 2.26. The zero-order valence-corrected chi connectivity index (χ0v) is 20.9. The van der Waals surface area contributed by atoms with Crippen LogP contribution in [0, 0.1) is 0 Å². The molecule has 4 aromatic rings. The van der Waals surface area contributed by atoms with Crippen LogP contribution in [0.1, 0.15) is 16.7 Å². The van der Waals surface area contributed by atoms with Crippen LogP contribution >= 0.6 is 0 Å². The highest BCUT2D eigenvalue weighted by molar-refractivity contribution is 7.89. The van der Waals surface area contributed by atoms with Crippen molar-refractivity contribution in [3.8, 4) is 5.75 Å². The number of ether oxygens (including phenoxy) is 1. The minimum atomic E-state index is -3.91. The van der Waals surface area contributed by atoms with Gasteiger partial charge < -0.3 is 4.74 Å². The Hall–Kier alpha value is -4.27. The quantitative estimate of drug-likeness (QED) is 0.234. The third kappa shape index (κ3) is 7.36. The summed E-state index contributed by atoms with van der Waals surface area (Å²) in [5.41, 5.74) is 4.91. The van der Waals surface area contributed by atoms with Crippen LogP contribution in [0.3, 0.4) is 0 Å². The van der Waals surface area contributed by atoms with Crippen molar-refractivity contribution in [1.29, 1.82) is 0 Å². The summed E-state index contributed by atoms with van der Waals surface area (Å²) in [6, 6.07) is 34.3. The largest absolute Gasteiger partial charge is 0.488 e. The average molecular weight is 514 g/mol. The molecule has 0 atom stereocenters. The molecule has 4 rings (SSSR count). The monoisotopic (exact) mass is 513 g/mol. The van der Waals surface area contributed by atoms with Crippen LogP contribution in [0.15, 0.2) is 125 Å². The van der Waals surface area contributed by atoms with Crippen molar-refractivity contribution >= 4 is 22.1 Å². The van der Waals surface area contributed by atoms with Crippen LogP contribution in [0.4, 0.5) is 0 Å². The summed E-state index contributed by atoms with van der Waals surface area (Å²) < 4.78 is 33.6. The van der Waals surface area contributed by atoms with Crippen molar-refractivity contribution < 1.29 is 17.9 Å². The Morgan fingerprint density at radius 2 is 1.35 bits per heavy atom. The molecule has 0 aliphatic rings. The predicted molar refractivity (Wildman–Crippen MR) is 143 cm³/mol. The molecule has 1 amide bonds. The zero-order valence-electron chi connectivity index (χ0n) is 20.1. The van der Waals surface area contributed by atoms with Gasteiger partial charge in [-0.25, -0.2) is 13.8 Å². The van der Waals surface area contributed by atoms with Gasteiger partial charge in [-0.05, 0) is 35.4 Å². The standard InChI is InChI=1S/C29H27N3O4S/c33-29(31-30-20-26-16-10-11-19-28(26)36-23-25-14-6-2-7-15-25)22-32(21-24-12-4-1-5-13-24)37(34,35)27-17-8-3-9-18-27/h1-20H,21-23H2,(H,31,33)/b30-20+. The third-order valence-electron chi connectivity index (χ3n) is 5.45. The molecule has 0 heterocycles. The second-order valence-electron chi connectivity index (χ2n) is 8.18. The van der Waals surface area contributed by atoms with Crippen molar-refractivity contribution in [1.82, 2.24) is 9.73 Å². The maximum atomic E-state index is 13.3. The number of nitrogens with zero attached hydrogens (tertiary/aromatic N) is 2. The lowest BCUT2D eigenvalue weighted by Crippen LogP contribution is -2.39. The Morgan fingerprint density at radius 3 is 2.03 bits per heavy atom. The molecule has 1 N–H and O–H groups in total. The highest BCUT2D eigenvalue weighted by Crippen LogP contribution is 2.19. The first-order valence-corrected chi connectivity index (χ1v) is 13.1. The Morgan fingerprint density at radius 1 is 0.784 bits per heavy atom. The van der Waals surface area contributed by atoms with Crippen molar-refractivity contribution in [2.75, 3.05) is 6.54 Å². The molecule has 0 bridgehead atoms. The lowest BCUT2D eigenvalue weighted by molar-refractivity contribution is -0.121. The maximum Gasteiger partial charge on any atom is 0.255 e. The van der Waals surface area contributed by atoms with Crippen LogP contribution in [0.25, 0.3) is 0 Å². The van der Waals surface area contributed by atoms with Crippen LogP contribution in [0.5, 0.6) is 5.75 Å². The van der Waals surface area contributed by atoms with E-state index in [1.807, 2.05) is 84.9 Å². The van der Waals surface area contributed by atoms with Crippen molar-refractivity contribution in [3.63, 3.8) is 0 Å². The van der Waals surface area contributed by atoms with Gasteiger partial charge in [-0.3, -0.25) is 4.79 Å². The summed E-state index contributed by atoms with van der Waals surface area (Å²) in [5, 5.41) is 4.05. The second-order valence-corrected chi connectivity index (χ2v) is 10.1. The molecule has 0 fully saturated rings. The van der Waals surface area contributed by atoms with E-state index < -0.39 is 22.5 Å². The Kier molecular flexibility index (Phi) is 8.80. The summed E-state index contributed by atoms with van der Waals surface area (Å²) in [7, 11) is -3.91. The van der Waals surface area contributed by atoms with Crippen molar-refractivity contribution in [2.45, 2.75) is 18.0 Å². The van der Waals surface area contributed by atoms with Gasteiger partial charge in [0.25, 0.3) is 5.91 Å². The van der Waals surface area contributed by atoms with Gasteiger partial charge in [-0.1, -0.05) is 91.0 Å². The van der Waals surface area contributed by atoms with E-state index in [4.69, 9.17) is 4.74 Å². The summed E-state index contributed by atoms with van der Waals surface area (Å²) in [6.07, 6.45) is 1.48. The Balaban J connectivity index is 1.44. The van der Waals surface area contributed by atoms with E-state index in [9.17, 15) is 13.2 Å². The highest BCUT2D eigenvalue weighted by atomic mass is 32.2. The van der Waals surface area contributed by atoms with Crippen molar-refractivity contribution in [3.05, 3.63) is 132 Å². The Labute approximate surface area is 217 Å². The molecule has 4 aromatic carbocycles. The number of nitrogens with one attached hydrogen (secondary N) is 1. The van der Waals surface area contributed by atoms with E-state index in [1.54, 1.807) is 18.2 Å². The number of hydrogen-bond donors (Lipinski definition) is 1. The number of rotatable bonds is 11. The molecule has 0 spiro atoms. The molecule has 0 saturated heterocycles. The smallest absolute Gasteiger partial charge is 0.255 e. The van der Waals surface area contributed by atoms with Gasteiger partial charge in [0.15, 0.2) is 0 Å². The molecule has 0 radical (unpaired) electrons. The van der Waals surface area contributed by atoms with E-state index in [0.717, 1.165) is 15.4 Å². The lowest BCUT2D eigenvalue weighted by Gasteiger charge is -2.21. The minimum Gasteiger partial charge on any atom is -0.488 e. The number of carbonyl (C=O) groups excluding carboxylic acids is 1. The van der Waals surface area contributed by atoms with E-state index in [-0.39, 0.29) is 11.4 Å². The molecule has 0 unspecified atom stereocenters. The molecule has 0 aliphatic heterocycles. The van der Waals surface area contributed by atoms with Gasteiger partial charge in [0.1, 0.15) is 12.4 Å². The molecule has 0 aromatic heterocycles. The van der Waals surface area contributed by atoms with Crippen LogP contribution in [-0.4, -0.2) is 31.4 Å². The summed E-state index contributed by atoms with van der Waals surface area (Å²) >= 11 is 0. The predicted octanol–water partition coefficient (Wildman–Crippen LogP) is 4.61. The van der Waals surface area contributed by atoms with Gasteiger partial charge in [0.2, 0.25) is 10.0 Å². The van der Waals surface area contributed by atoms with Gasteiger partial charge in [0, 0.05) is 12.1 Å². The lowest BCUT2D eigenvalue weighted by atomic mass is 10.2. The first-order chi connectivity index (χ1) is 18.0. The van der Waals surface area contributed by atoms with Crippen LogP contribution in [-0.2, 0) is 28.0 Å². The van der Waals surface area contributed by atoms with Crippen LogP contribution in [0.2, 0.25) is 0 Å². The third-order valence-corrected chi connectivity index (χ3v) is 7.26. The topological polar surface area (TPSA) is 88.1 Å². The molecule has 37 heavy (non-hydrogen) atoms. The molecule has 7 nitrogen and oxygen atoms in total. The number of hydrogen-bond acceptors (Lipinski definition) is 5. The molecular weight excluding hydrogens is 486 g/mol. The number of para-hydroxylation sites is 1. The van der Waals surface area contributed by atoms with E-state index in [1.165, 1.54) is 18.3 Å². The van der Waals surface area contributed by atoms with E-state index in [0.29, 0.717) is 17.9 Å². The second kappa shape index (κ2) is 12.6. The Bertz CT molecular complexity index is 1430. The SMILES string of the molecule is O=C(CN(Cc1ccccc1)S(=O)(=O)c1ccccc1)N/N=C/c1ccccc1OCc1ccccc1. The fraction of sp³-hybridized carbons (Fsp3) is 0.103. The van der Waals surface area contributed by atoms with Gasteiger partial charge in [0.05, 0.1) is 17.7 Å². The fourth-order valence-corrected chi connectivity index (χ4v) is 4.98. The van der Waals surface area contributed by atoms with Gasteiger partial charge in [-0.2, -0.15) is 9.41 Å². The summed E-state index contributed by atoms with van der Waals surface area (Å²) in [6.45, 7) is 0.0464. The number of carbonyl (C=O) groups is 1. The van der Waals surface area contributed by atoms with Gasteiger partial charge >= 0.3 is 0 Å². The minimum absolute atomic E-state index is 0.0470. The molecule has 8 heteroatoms. The van der Waals surface area contributed by atoms with Crippen molar-refractivity contribution in [2.24, 2.45) is 5.10 Å². The molecule has 0 aliphatic carbocycles. The first-order valence-electron chi connectivity index (χ1n) is 11.7. The molecular formula is C29H27N3O4S. The molecule has 188 valence electrons. The zero-order chi connectivity index (χ0) is 25.9. The first kappa shape index (κ1) is 25.8. The van der Waals surface area contributed by atoms with E-state index >= 15 is 0 Å². The maximum absolute atomic E-state index is 13.3. The number of sulfonamides is 1. The average Bonchev–Trinajstić information content (AvgIpc) is 2.94. The fourth-order valence-electron chi connectivity index (χ4n) is 3.58. The molecule has 0 saturated carbocycles. The number of hydrazone groups is 1. The van der Waals surface area contributed by atoms with E-state index in [2.05, 4.69) is 10.5 Å². The number of benzene rings is 4.